The number of aromatic nitrogens is 5. The lowest BCUT2D eigenvalue weighted by molar-refractivity contribution is -0.129. The fraction of sp³-hybridized carbons (Fsp3) is 0.378. The number of hydrogen-bond donors (Lipinski definition) is 1. The summed E-state index contributed by atoms with van der Waals surface area (Å²) >= 11 is 7.15. The Hall–Kier alpha value is -4.57. The number of aromatic amines is 1. The lowest BCUT2D eigenvalue weighted by atomic mass is 9.89. The number of anilines is 1. The van der Waals surface area contributed by atoms with Gasteiger partial charge in [0.05, 0.1) is 45.0 Å². The summed E-state index contributed by atoms with van der Waals surface area (Å²) in [5.74, 6) is -0.868. The Balaban J connectivity index is 1.63. The number of H-pyrrole nitrogens is 1. The zero-order valence-electron chi connectivity index (χ0n) is 28.1. The van der Waals surface area contributed by atoms with E-state index in [1.54, 1.807) is 6.20 Å². The Labute approximate surface area is 283 Å². The van der Waals surface area contributed by atoms with Gasteiger partial charge in [0.25, 0.3) is 5.56 Å². The van der Waals surface area contributed by atoms with Crippen LogP contribution in [0.3, 0.4) is 0 Å². The third-order valence-electron chi connectivity index (χ3n) is 10.0. The molecule has 2 aromatic carbocycles. The van der Waals surface area contributed by atoms with Gasteiger partial charge < -0.3 is 9.80 Å². The Morgan fingerprint density at radius 2 is 1.79 bits per heavy atom. The van der Waals surface area contributed by atoms with Crippen molar-refractivity contribution in [1.82, 2.24) is 29.6 Å². The van der Waals surface area contributed by atoms with Gasteiger partial charge in [0.15, 0.2) is 5.82 Å². The van der Waals surface area contributed by atoms with E-state index in [-0.39, 0.29) is 51.5 Å². The number of hydrogen-bond acceptors (Lipinski definition) is 6. The Bertz CT molecular complexity index is 2180. The van der Waals surface area contributed by atoms with E-state index in [1.165, 1.54) is 17.0 Å². The molecule has 0 aliphatic carbocycles. The van der Waals surface area contributed by atoms with E-state index in [1.807, 2.05) is 64.6 Å². The molecule has 0 spiro atoms. The molecule has 0 radical (unpaired) electrons. The van der Waals surface area contributed by atoms with Gasteiger partial charge in [0.2, 0.25) is 5.91 Å². The summed E-state index contributed by atoms with van der Waals surface area (Å²) in [5.41, 5.74) is 5.36. The van der Waals surface area contributed by atoms with Gasteiger partial charge in [-0.15, -0.1) is 0 Å². The van der Waals surface area contributed by atoms with Crippen LogP contribution in [0, 0.1) is 12.7 Å². The topological polar surface area (TPSA) is 100 Å². The van der Waals surface area contributed by atoms with Crippen molar-refractivity contribution >= 4 is 45.0 Å². The maximum absolute atomic E-state index is 17.9. The number of halogens is 2. The fourth-order valence-electron chi connectivity index (χ4n) is 7.74. The Morgan fingerprint density at radius 1 is 1.08 bits per heavy atom. The molecule has 2 unspecified atom stereocenters. The van der Waals surface area contributed by atoms with Crippen molar-refractivity contribution in [3.63, 3.8) is 0 Å². The lowest BCUT2D eigenvalue weighted by Gasteiger charge is -2.49. The molecule has 9 nitrogen and oxygen atoms in total. The molecule has 0 saturated carbocycles. The molecular formula is C37H39ClFN7O2. The molecule has 7 rings (SSSR count). The van der Waals surface area contributed by atoms with Crippen LogP contribution < -0.4 is 10.5 Å². The Morgan fingerprint density at radius 3 is 2.46 bits per heavy atom. The molecule has 1 saturated heterocycles. The van der Waals surface area contributed by atoms with Crippen LogP contribution in [0.2, 0.25) is 5.02 Å². The van der Waals surface area contributed by atoms with E-state index in [9.17, 15) is 4.79 Å². The van der Waals surface area contributed by atoms with Gasteiger partial charge in [-0.05, 0) is 62.3 Å². The monoisotopic (exact) mass is 667 g/mol. The second-order valence-electron chi connectivity index (χ2n) is 13.7. The van der Waals surface area contributed by atoms with Crippen LogP contribution in [-0.4, -0.2) is 60.7 Å². The summed E-state index contributed by atoms with van der Waals surface area (Å²) in [7, 11) is 0. The number of fused-ring (bicyclic) bond motifs is 6. The molecule has 5 heterocycles. The first kappa shape index (κ1) is 32.0. The van der Waals surface area contributed by atoms with E-state index in [2.05, 4.69) is 31.6 Å². The summed E-state index contributed by atoms with van der Waals surface area (Å²) in [4.78, 5) is 41.1. The van der Waals surface area contributed by atoms with E-state index < -0.39 is 5.82 Å². The van der Waals surface area contributed by atoms with Gasteiger partial charge in [-0.25, -0.2) is 14.4 Å². The van der Waals surface area contributed by atoms with Crippen molar-refractivity contribution in [2.24, 2.45) is 0 Å². The SMILES string of the molecule is C=CC(=O)N1CC2CCc3c(c4cc(Cl)c(-c5c(C)ccc6[nH]ncc56)c(F)c4n(-c4c(C(C)C)ncnc4C(C)C)c3=O)N2CC1C. The minimum absolute atomic E-state index is 0.0583. The molecule has 1 N–H and O–H groups in total. The predicted octanol–water partition coefficient (Wildman–Crippen LogP) is 7.21. The normalized spacial score (nSPS) is 17.8. The number of piperazine rings is 1. The average molecular weight is 668 g/mol. The van der Waals surface area contributed by atoms with E-state index >= 15 is 9.18 Å². The van der Waals surface area contributed by atoms with Crippen molar-refractivity contribution in [3.8, 4) is 16.8 Å². The van der Waals surface area contributed by atoms with Gasteiger partial charge in [-0.2, -0.15) is 5.10 Å². The minimum Gasteiger partial charge on any atom is -0.364 e. The highest BCUT2D eigenvalue weighted by Crippen LogP contribution is 2.46. The molecule has 2 aliphatic heterocycles. The second-order valence-corrected chi connectivity index (χ2v) is 14.1. The molecule has 248 valence electrons. The van der Waals surface area contributed by atoms with Crippen LogP contribution in [0.1, 0.15) is 75.4 Å². The second kappa shape index (κ2) is 11.8. The number of aryl methyl sites for hydroxylation is 1. The molecule has 5 aromatic rings. The van der Waals surface area contributed by atoms with Gasteiger partial charge in [0.1, 0.15) is 6.33 Å². The molecule has 2 aliphatic rings. The van der Waals surface area contributed by atoms with Crippen LogP contribution in [0.15, 0.2) is 48.2 Å². The molecule has 1 fully saturated rings. The molecule has 11 heteroatoms. The first-order chi connectivity index (χ1) is 22.9. The first-order valence-corrected chi connectivity index (χ1v) is 16.9. The molecular weight excluding hydrogens is 629 g/mol. The maximum atomic E-state index is 17.9. The van der Waals surface area contributed by atoms with Gasteiger partial charge >= 0.3 is 0 Å². The largest absolute Gasteiger partial charge is 0.364 e. The molecule has 0 bridgehead atoms. The summed E-state index contributed by atoms with van der Waals surface area (Å²) < 4.78 is 19.4. The van der Waals surface area contributed by atoms with E-state index in [0.717, 1.165) is 16.5 Å². The van der Waals surface area contributed by atoms with Gasteiger partial charge in [-0.1, -0.05) is 51.9 Å². The summed E-state index contributed by atoms with van der Waals surface area (Å²) in [6, 6.07) is 5.41. The standard InChI is InChI=1S/C37H39ClFN7O2/c1-8-28(47)44-16-22-10-11-23-34(45(22)15-21(44)7)24-13-26(38)30(29-20(6)9-12-27-25(29)14-42-43-27)31(39)35(24)46(37(23)48)36-32(18(2)3)40-17-41-33(36)19(4)5/h8-9,12-14,17-19,21-22H,1,10-11,15-16H2,2-7H3,(H,42,43). The maximum Gasteiger partial charge on any atom is 0.261 e. The van der Waals surface area contributed by atoms with Gasteiger partial charge in [-0.3, -0.25) is 19.3 Å². The average Bonchev–Trinajstić information content (AvgIpc) is 3.54. The third kappa shape index (κ3) is 4.75. The van der Waals surface area contributed by atoms with Crippen molar-refractivity contribution in [1.29, 1.82) is 0 Å². The van der Waals surface area contributed by atoms with Crippen molar-refractivity contribution in [2.75, 3.05) is 18.0 Å². The summed E-state index contributed by atoms with van der Waals surface area (Å²) in [5, 5.41) is 8.71. The zero-order chi connectivity index (χ0) is 34.2. The van der Waals surface area contributed by atoms with Crippen molar-refractivity contribution < 1.29 is 9.18 Å². The van der Waals surface area contributed by atoms with Crippen LogP contribution in [-0.2, 0) is 11.2 Å². The highest BCUT2D eigenvalue weighted by atomic mass is 35.5. The number of carbonyl (C=O) groups excluding carboxylic acids is 1. The van der Waals surface area contributed by atoms with E-state index in [4.69, 9.17) is 11.6 Å². The van der Waals surface area contributed by atoms with Crippen LogP contribution in [0.5, 0.6) is 0 Å². The first-order valence-electron chi connectivity index (χ1n) is 16.5. The van der Waals surface area contributed by atoms with Crippen molar-refractivity contribution in [3.05, 3.63) is 87.1 Å². The Kier molecular flexibility index (Phi) is 7.89. The number of nitrogens with zero attached hydrogens (tertiary/aromatic N) is 6. The number of amides is 1. The molecule has 3 aromatic heterocycles. The number of pyridine rings is 1. The smallest absolute Gasteiger partial charge is 0.261 e. The van der Waals surface area contributed by atoms with Crippen molar-refractivity contribution in [2.45, 2.75) is 78.3 Å². The highest BCUT2D eigenvalue weighted by molar-refractivity contribution is 6.35. The third-order valence-corrected chi connectivity index (χ3v) is 10.3. The zero-order valence-corrected chi connectivity index (χ0v) is 28.8. The van der Waals surface area contributed by atoms with Crippen LogP contribution in [0.25, 0.3) is 38.6 Å². The van der Waals surface area contributed by atoms with E-state index in [0.29, 0.717) is 65.2 Å². The highest BCUT2D eigenvalue weighted by Gasteiger charge is 2.40. The predicted molar refractivity (Wildman–Crippen MR) is 189 cm³/mol. The molecule has 48 heavy (non-hydrogen) atoms. The van der Waals surface area contributed by atoms with Gasteiger partial charge in [0, 0.05) is 52.6 Å². The van der Waals surface area contributed by atoms with Crippen LogP contribution in [0.4, 0.5) is 10.1 Å². The fourth-order valence-corrected chi connectivity index (χ4v) is 8.02. The lowest BCUT2D eigenvalue weighted by Crippen LogP contribution is -2.60. The summed E-state index contributed by atoms with van der Waals surface area (Å²) in [6.45, 7) is 16.6. The number of carbonyl (C=O) groups is 1. The number of nitrogens with one attached hydrogen (secondary N) is 1. The number of benzene rings is 2. The van der Waals surface area contributed by atoms with Crippen LogP contribution >= 0.6 is 11.6 Å². The summed E-state index contributed by atoms with van der Waals surface area (Å²) in [6.07, 6.45) is 5.67. The number of rotatable bonds is 5. The quantitative estimate of drug-likeness (QED) is 0.199. The molecule has 1 amide bonds. The minimum atomic E-state index is -0.599. The molecule has 2 atom stereocenters.